The number of benzene rings is 1. The number of ether oxygens (including phenoxy) is 2. The molecule has 3 saturated carbocycles. The Hall–Kier alpha value is -2.82. The zero-order valence-corrected chi connectivity index (χ0v) is 26.2. The van der Waals surface area contributed by atoms with Crippen molar-refractivity contribution < 1.29 is 44.6 Å². The number of fused-ring (bicyclic) bond motifs is 5. The summed E-state index contributed by atoms with van der Waals surface area (Å²) in [4.78, 5) is 26.2. The van der Waals surface area contributed by atoms with Crippen LogP contribution in [0.3, 0.4) is 0 Å². The molecule has 5 N–H and O–H groups in total. The second-order valence-corrected chi connectivity index (χ2v) is 13.9. The molecule has 0 bridgehead atoms. The van der Waals surface area contributed by atoms with Crippen LogP contribution in [0, 0.1) is 16.7 Å². The molecule has 0 aromatic heterocycles. The Morgan fingerprint density at radius 2 is 1.70 bits per heavy atom. The summed E-state index contributed by atoms with van der Waals surface area (Å²) in [5.74, 6) is -2.14. The van der Waals surface area contributed by atoms with E-state index in [0.29, 0.717) is 18.4 Å². The molecule has 0 amide bonds. The summed E-state index contributed by atoms with van der Waals surface area (Å²) in [7, 11) is 0. The van der Waals surface area contributed by atoms with Crippen LogP contribution >= 0.6 is 0 Å². The summed E-state index contributed by atoms with van der Waals surface area (Å²) in [6.07, 6.45) is 5.00. The van der Waals surface area contributed by atoms with Crippen LogP contribution in [0.4, 0.5) is 0 Å². The molecule has 240 valence electrons. The van der Waals surface area contributed by atoms with Crippen molar-refractivity contribution >= 4 is 18.0 Å². The molecule has 10 atom stereocenters. The van der Waals surface area contributed by atoms with Crippen molar-refractivity contribution in [3.63, 3.8) is 0 Å². The van der Waals surface area contributed by atoms with Crippen molar-refractivity contribution in [2.45, 2.75) is 114 Å². The molecule has 0 aliphatic heterocycles. The lowest BCUT2D eigenvalue weighted by molar-refractivity contribution is -0.327. The molecule has 9 heteroatoms. The van der Waals surface area contributed by atoms with Gasteiger partial charge in [0, 0.05) is 29.4 Å². The Labute approximate surface area is 258 Å². The van der Waals surface area contributed by atoms with Gasteiger partial charge in [0.25, 0.3) is 0 Å². The molecule has 4 aliphatic rings. The average molecular weight is 611 g/mol. The maximum Gasteiger partial charge on any atom is 0.333 e. The highest BCUT2D eigenvalue weighted by Gasteiger charge is 2.82. The van der Waals surface area contributed by atoms with Gasteiger partial charge in [-0.25, -0.2) is 9.59 Å². The van der Waals surface area contributed by atoms with Gasteiger partial charge in [0.2, 0.25) is 0 Å². The molecule has 0 heterocycles. The third-order valence-corrected chi connectivity index (χ3v) is 12.0. The van der Waals surface area contributed by atoms with Gasteiger partial charge in [0.1, 0.15) is 29.0 Å². The second kappa shape index (κ2) is 10.9. The van der Waals surface area contributed by atoms with Gasteiger partial charge in [0.05, 0.1) is 17.1 Å². The van der Waals surface area contributed by atoms with Crippen LogP contribution in [0.15, 0.2) is 60.2 Å². The lowest BCUT2D eigenvalue weighted by Gasteiger charge is -2.68. The minimum absolute atomic E-state index is 0.00363. The summed E-state index contributed by atoms with van der Waals surface area (Å²) in [5.41, 5.74) is -8.98. The molecule has 1 aromatic rings. The molecule has 0 saturated heterocycles. The van der Waals surface area contributed by atoms with E-state index in [4.69, 9.17) is 9.47 Å². The van der Waals surface area contributed by atoms with Gasteiger partial charge >= 0.3 is 11.9 Å². The Morgan fingerprint density at radius 1 is 1.02 bits per heavy atom. The fourth-order valence-electron chi connectivity index (χ4n) is 8.87. The Morgan fingerprint density at radius 3 is 2.36 bits per heavy atom. The summed E-state index contributed by atoms with van der Waals surface area (Å²) < 4.78 is 11.8. The molecule has 10 unspecified atom stereocenters. The maximum absolute atomic E-state index is 13.4. The van der Waals surface area contributed by atoms with Crippen LogP contribution in [0.5, 0.6) is 0 Å². The van der Waals surface area contributed by atoms with Gasteiger partial charge in [-0.3, -0.25) is 0 Å². The highest BCUT2D eigenvalue weighted by molar-refractivity contribution is 5.88. The molecule has 5 rings (SSSR count). The number of hydrogen-bond acceptors (Lipinski definition) is 9. The predicted octanol–water partition coefficient (Wildman–Crippen LogP) is 3.37. The SMILES string of the molecule is CC=C(C)C(=O)OC(C)C1(O)CCC2(O)C3(O)C=CC4(O)CC(O)CCC4(C)C3CC(OC(=O)C=Cc3ccccc3)C12C. The van der Waals surface area contributed by atoms with E-state index >= 15 is 0 Å². The number of rotatable bonds is 6. The first kappa shape index (κ1) is 32.6. The van der Waals surface area contributed by atoms with Crippen LogP contribution in [-0.2, 0) is 19.1 Å². The molecular formula is C35H46O9. The monoisotopic (exact) mass is 610 g/mol. The van der Waals surface area contributed by atoms with Crippen molar-refractivity contribution in [1.29, 1.82) is 0 Å². The fourth-order valence-corrected chi connectivity index (χ4v) is 8.87. The van der Waals surface area contributed by atoms with Gasteiger partial charge in [-0.15, -0.1) is 0 Å². The zero-order chi connectivity index (χ0) is 32.3. The van der Waals surface area contributed by atoms with E-state index in [0.717, 1.165) is 5.56 Å². The number of allylic oxidation sites excluding steroid dienone is 1. The molecule has 44 heavy (non-hydrogen) atoms. The van der Waals surface area contributed by atoms with Gasteiger partial charge < -0.3 is 35.0 Å². The topological polar surface area (TPSA) is 154 Å². The summed E-state index contributed by atoms with van der Waals surface area (Å²) in [6, 6.07) is 9.19. The number of carbonyl (C=O) groups is 2. The van der Waals surface area contributed by atoms with Crippen molar-refractivity contribution in [1.82, 2.24) is 0 Å². The first-order chi connectivity index (χ1) is 20.5. The Bertz CT molecular complexity index is 1390. The van der Waals surface area contributed by atoms with E-state index in [1.165, 1.54) is 18.2 Å². The van der Waals surface area contributed by atoms with Gasteiger partial charge in [-0.1, -0.05) is 62.4 Å². The van der Waals surface area contributed by atoms with Crippen molar-refractivity contribution in [2.24, 2.45) is 16.7 Å². The quantitative estimate of drug-likeness (QED) is 0.185. The molecule has 1 aromatic carbocycles. The molecule has 9 nitrogen and oxygen atoms in total. The van der Waals surface area contributed by atoms with Gasteiger partial charge in [-0.2, -0.15) is 0 Å². The number of esters is 2. The van der Waals surface area contributed by atoms with Crippen LogP contribution in [0.2, 0.25) is 0 Å². The van der Waals surface area contributed by atoms with Crippen LogP contribution in [0.25, 0.3) is 6.08 Å². The standard InChI is InChI=1S/C35H46O9/c1-6-22(2)29(38)43-23(3)33(40)18-19-35(42)31(33,5)27(44-28(37)13-12-24-10-8-7-9-11-24)20-26-30(4)15-14-25(36)21-32(30,39)16-17-34(26,35)41/h6-13,16-17,23,25-27,36,39-42H,14-15,18-21H2,1-5H3. The lowest BCUT2D eigenvalue weighted by atomic mass is 9.41. The summed E-state index contributed by atoms with van der Waals surface area (Å²) in [6.45, 7) is 8.26. The molecular weight excluding hydrogens is 564 g/mol. The predicted molar refractivity (Wildman–Crippen MR) is 163 cm³/mol. The van der Waals surface area contributed by atoms with E-state index in [1.54, 1.807) is 39.8 Å². The minimum Gasteiger partial charge on any atom is -0.458 e. The van der Waals surface area contributed by atoms with Gasteiger partial charge in [0.15, 0.2) is 0 Å². The van der Waals surface area contributed by atoms with Gasteiger partial charge in [-0.05, 0) is 64.5 Å². The lowest BCUT2D eigenvalue weighted by Crippen LogP contribution is -2.80. The van der Waals surface area contributed by atoms with Crippen LogP contribution in [0.1, 0.15) is 78.7 Å². The van der Waals surface area contributed by atoms with E-state index in [1.807, 2.05) is 37.3 Å². The number of aliphatic hydroxyl groups excluding tert-OH is 1. The van der Waals surface area contributed by atoms with Crippen molar-refractivity contribution in [3.8, 4) is 0 Å². The molecule has 4 aliphatic carbocycles. The summed E-state index contributed by atoms with van der Waals surface area (Å²) >= 11 is 0. The highest BCUT2D eigenvalue weighted by atomic mass is 16.6. The van der Waals surface area contributed by atoms with E-state index < -0.39 is 69.4 Å². The first-order valence-corrected chi connectivity index (χ1v) is 15.6. The van der Waals surface area contributed by atoms with Crippen LogP contribution in [-0.4, -0.2) is 78.2 Å². The fraction of sp³-hybridized carbons (Fsp3) is 0.600. The van der Waals surface area contributed by atoms with Crippen LogP contribution < -0.4 is 0 Å². The summed E-state index contributed by atoms with van der Waals surface area (Å²) in [5, 5.41) is 60.1. The minimum atomic E-state index is -2.06. The Kier molecular flexibility index (Phi) is 8.08. The molecule has 0 radical (unpaired) electrons. The number of carbonyl (C=O) groups excluding carboxylic acids is 2. The third-order valence-electron chi connectivity index (χ3n) is 12.0. The van der Waals surface area contributed by atoms with E-state index in [9.17, 15) is 35.1 Å². The second-order valence-electron chi connectivity index (χ2n) is 13.9. The van der Waals surface area contributed by atoms with E-state index in [-0.39, 0.29) is 25.7 Å². The first-order valence-electron chi connectivity index (χ1n) is 15.6. The smallest absolute Gasteiger partial charge is 0.333 e. The highest BCUT2D eigenvalue weighted by Crippen LogP contribution is 2.71. The average Bonchev–Trinajstić information content (AvgIpc) is 3.22. The normalized spacial score (nSPS) is 44.0. The molecule has 3 fully saturated rings. The van der Waals surface area contributed by atoms with Crippen molar-refractivity contribution in [3.05, 3.63) is 65.8 Å². The zero-order valence-electron chi connectivity index (χ0n) is 26.2. The largest absolute Gasteiger partial charge is 0.458 e. The van der Waals surface area contributed by atoms with E-state index in [2.05, 4.69) is 0 Å². The third kappa shape index (κ3) is 4.46. The Balaban J connectivity index is 1.61. The molecule has 0 spiro atoms. The maximum atomic E-state index is 13.4. The number of aliphatic hydroxyl groups is 5. The number of hydrogen-bond donors (Lipinski definition) is 5. The van der Waals surface area contributed by atoms with Crippen molar-refractivity contribution in [2.75, 3.05) is 0 Å².